The van der Waals surface area contributed by atoms with E-state index in [1.54, 1.807) is 6.20 Å². The first-order valence-electron chi connectivity index (χ1n) is 10.5. The minimum atomic E-state index is -0.417. The number of carbonyl (C=O) groups is 1. The first kappa shape index (κ1) is 21.6. The molecule has 0 saturated heterocycles. The molecular weight excluding hydrogens is 450 g/mol. The van der Waals surface area contributed by atoms with Gasteiger partial charge in [0.15, 0.2) is 5.82 Å². The molecular formula is C25H19N5O3S. The van der Waals surface area contributed by atoms with E-state index in [9.17, 15) is 4.79 Å². The first-order chi connectivity index (χ1) is 16.7. The molecule has 3 heterocycles. The van der Waals surface area contributed by atoms with Gasteiger partial charge in [-0.15, -0.1) is 0 Å². The molecule has 0 aliphatic carbocycles. The highest BCUT2D eigenvalue weighted by molar-refractivity contribution is 7.21. The average molecular weight is 470 g/mol. The second kappa shape index (κ2) is 9.74. The van der Waals surface area contributed by atoms with Crippen LogP contribution in [0.15, 0.2) is 79.0 Å². The van der Waals surface area contributed by atoms with E-state index in [4.69, 9.17) is 9.84 Å². The van der Waals surface area contributed by atoms with Gasteiger partial charge in [0.1, 0.15) is 27.7 Å². The largest absolute Gasteiger partial charge is 0.475 e. The number of para-hydroxylation sites is 1. The summed E-state index contributed by atoms with van der Waals surface area (Å²) in [6.45, 7) is -0.114. The highest BCUT2D eigenvalue weighted by Gasteiger charge is 2.17. The Bertz CT molecular complexity index is 1420. The summed E-state index contributed by atoms with van der Waals surface area (Å²) in [6, 6.07) is 22.0. The summed E-state index contributed by atoms with van der Waals surface area (Å²) >= 11 is 1.46. The number of carbonyl (C=O) groups excluding carboxylic acids is 1. The Balaban J connectivity index is 1.49. The maximum absolute atomic E-state index is 13.2. The van der Waals surface area contributed by atoms with Gasteiger partial charge in [-0.3, -0.25) is 4.79 Å². The Morgan fingerprint density at radius 1 is 0.971 bits per heavy atom. The number of ether oxygens (including phenoxy) is 1. The van der Waals surface area contributed by atoms with Crippen molar-refractivity contribution in [2.24, 2.45) is 0 Å². The molecule has 0 bridgehead atoms. The molecule has 9 heteroatoms. The van der Waals surface area contributed by atoms with Crippen LogP contribution in [0, 0.1) is 0 Å². The smallest absolute Gasteiger partial charge is 0.274 e. The van der Waals surface area contributed by atoms with Crippen molar-refractivity contribution >= 4 is 33.3 Å². The molecule has 0 saturated carbocycles. The number of thiazole rings is 1. The van der Waals surface area contributed by atoms with Crippen molar-refractivity contribution in [2.45, 2.75) is 0 Å². The van der Waals surface area contributed by atoms with E-state index < -0.39 is 5.91 Å². The van der Waals surface area contributed by atoms with Crippen LogP contribution in [0.3, 0.4) is 0 Å². The lowest BCUT2D eigenvalue weighted by Gasteiger charge is -2.11. The van der Waals surface area contributed by atoms with Gasteiger partial charge in [0.05, 0.1) is 12.3 Å². The van der Waals surface area contributed by atoms with Gasteiger partial charge in [-0.1, -0.05) is 53.8 Å². The van der Waals surface area contributed by atoms with Crippen molar-refractivity contribution in [3.05, 3.63) is 84.7 Å². The number of aromatic nitrogens is 4. The van der Waals surface area contributed by atoms with Crippen LogP contribution in [-0.4, -0.2) is 44.2 Å². The molecule has 0 radical (unpaired) electrons. The van der Waals surface area contributed by atoms with Crippen molar-refractivity contribution in [3.63, 3.8) is 0 Å². The number of hydrogen-bond acceptors (Lipinski definition) is 8. The normalized spacial score (nSPS) is 10.9. The van der Waals surface area contributed by atoms with Crippen molar-refractivity contribution in [1.29, 1.82) is 0 Å². The van der Waals surface area contributed by atoms with E-state index in [1.165, 1.54) is 17.4 Å². The van der Waals surface area contributed by atoms with Gasteiger partial charge < -0.3 is 15.2 Å². The van der Waals surface area contributed by atoms with E-state index in [1.807, 2.05) is 66.7 Å². The summed E-state index contributed by atoms with van der Waals surface area (Å²) in [5.74, 6) is 0.144. The standard InChI is InChI=1S/C25H19N5O3S/c31-13-14-33-21-15-20(27-22(30-21)16-7-2-1-3-8-16)23(32)28-18-10-5-4-9-17(18)24-29-19-11-6-12-26-25(19)34-24/h1-12,15,31H,13-14H2,(H,28,32). The SMILES string of the molecule is O=C(Nc1ccccc1-c1nc2cccnc2s1)c1cc(OCCO)nc(-c2ccccc2)n1. The minimum absolute atomic E-state index is 0.0563. The lowest BCUT2D eigenvalue weighted by molar-refractivity contribution is 0.102. The van der Waals surface area contributed by atoms with Crippen LogP contribution in [0.2, 0.25) is 0 Å². The highest BCUT2D eigenvalue weighted by Crippen LogP contribution is 2.34. The van der Waals surface area contributed by atoms with Gasteiger partial charge in [-0.25, -0.2) is 15.0 Å². The number of amides is 1. The molecule has 0 atom stereocenters. The minimum Gasteiger partial charge on any atom is -0.475 e. The highest BCUT2D eigenvalue weighted by atomic mass is 32.1. The van der Waals surface area contributed by atoms with Crippen LogP contribution in [0.1, 0.15) is 10.5 Å². The molecule has 0 spiro atoms. The van der Waals surface area contributed by atoms with Gasteiger partial charge in [-0.2, -0.15) is 4.98 Å². The maximum atomic E-state index is 13.2. The third-order valence-electron chi connectivity index (χ3n) is 4.88. The predicted molar refractivity (Wildman–Crippen MR) is 131 cm³/mol. The molecule has 3 aromatic heterocycles. The van der Waals surface area contributed by atoms with Crippen LogP contribution < -0.4 is 10.1 Å². The molecule has 8 nitrogen and oxygen atoms in total. The number of nitrogens with zero attached hydrogens (tertiary/aromatic N) is 4. The molecule has 2 aromatic carbocycles. The van der Waals surface area contributed by atoms with Crippen molar-refractivity contribution in [2.75, 3.05) is 18.5 Å². The summed E-state index contributed by atoms with van der Waals surface area (Å²) in [6.07, 6.45) is 1.73. The number of anilines is 1. The first-order valence-corrected chi connectivity index (χ1v) is 11.3. The van der Waals surface area contributed by atoms with E-state index in [0.29, 0.717) is 11.5 Å². The van der Waals surface area contributed by atoms with E-state index in [0.717, 1.165) is 26.5 Å². The quantitative estimate of drug-likeness (QED) is 0.363. The van der Waals surface area contributed by atoms with Crippen LogP contribution in [0.25, 0.3) is 32.3 Å². The average Bonchev–Trinajstić information content (AvgIpc) is 3.32. The van der Waals surface area contributed by atoms with Crippen LogP contribution in [0.4, 0.5) is 5.69 Å². The van der Waals surface area contributed by atoms with Gasteiger partial charge in [0, 0.05) is 23.4 Å². The van der Waals surface area contributed by atoms with Gasteiger partial charge in [0.2, 0.25) is 5.88 Å². The van der Waals surface area contributed by atoms with Crippen LogP contribution in [-0.2, 0) is 0 Å². The fourth-order valence-corrected chi connectivity index (χ4v) is 4.28. The second-order valence-electron chi connectivity index (χ2n) is 7.20. The maximum Gasteiger partial charge on any atom is 0.274 e. The fraction of sp³-hybridized carbons (Fsp3) is 0.0800. The molecule has 0 fully saturated rings. The molecule has 0 aliphatic heterocycles. The number of hydrogen-bond donors (Lipinski definition) is 2. The van der Waals surface area contributed by atoms with Crippen LogP contribution in [0.5, 0.6) is 5.88 Å². The van der Waals surface area contributed by atoms with Gasteiger partial charge in [-0.05, 0) is 24.3 Å². The molecule has 168 valence electrons. The van der Waals surface area contributed by atoms with E-state index >= 15 is 0 Å². The van der Waals surface area contributed by atoms with Crippen LogP contribution >= 0.6 is 11.3 Å². The Kier molecular flexibility index (Phi) is 6.19. The lowest BCUT2D eigenvalue weighted by atomic mass is 10.1. The molecule has 5 aromatic rings. The lowest BCUT2D eigenvalue weighted by Crippen LogP contribution is -2.16. The summed E-state index contributed by atoms with van der Waals surface area (Å²) < 4.78 is 5.49. The fourth-order valence-electron chi connectivity index (χ4n) is 3.33. The summed E-state index contributed by atoms with van der Waals surface area (Å²) in [4.78, 5) is 31.9. The number of aliphatic hydroxyl groups is 1. The topological polar surface area (TPSA) is 110 Å². The molecule has 0 unspecified atom stereocenters. The van der Waals surface area contributed by atoms with Crippen molar-refractivity contribution in [3.8, 4) is 27.8 Å². The number of fused-ring (bicyclic) bond motifs is 1. The van der Waals surface area contributed by atoms with Crippen molar-refractivity contribution in [1.82, 2.24) is 19.9 Å². The van der Waals surface area contributed by atoms with E-state index in [2.05, 4.69) is 25.3 Å². The Morgan fingerprint density at radius 2 is 1.79 bits per heavy atom. The molecule has 0 aliphatic rings. The number of benzene rings is 2. The number of nitrogens with one attached hydrogen (secondary N) is 1. The monoisotopic (exact) mass is 469 g/mol. The molecule has 2 N–H and O–H groups in total. The predicted octanol–water partition coefficient (Wildman–Crippen LogP) is 4.44. The third-order valence-corrected chi connectivity index (χ3v) is 5.89. The zero-order chi connectivity index (χ0) is 23.3. The van der Waals surface area contributed by atoms with Crippen molar-refractivity contribution < 1.29 is 14.6 Å². The number of aliphatic hydroxyl groups excluding tert-OH is 1. The second-order valence-corrected chi connectivity index (χ2v) is 8.18. The molecule has 34 heavy (non-hydrogen) atoms. The zero-order valence-electron chi connectivity index (χ0n) is 17.9. The number of pyridine rings is 1. The summed E-state index contributed by atoms with van der Waals surface area (Å²) in [5, 5.41) is 12.8. The molecule has 5 rings (SSSR count). The Morgan fingerprint density at radius 3 is 2.62 bits per heavy atom. The third kappa shape index (κ3) is 4.61. The summed E-state index contributed by atoms with van der Waals surface area (Å²) in [7, 11) is 0. The zero-order valence-corrected chi connectivity index (χ0v) is 18.7. The van der Waals surface area contributed by atoms with Gasteiger partial charge >= 0.3 is 0 Å². The molecule has 1 amide bonds. The summed E-state index contributed by atoms with van der Waals surface area (Å²) in [5.41, 5.74) is 3.07. The number of rotatable bonds is 7. The van der Waals surface area contributed by atoms with Gasteiger partial charge in [0.25, 0.3) is 5.91 Å². The Hall–Kier alpha value is -4.21. The van der Waals surface area contributed by atoms with E-state index in [-0.39, 0.29) is 24.8 Å². The Labute approximate surface area is 199 Å².